The lowest BCUT2D eigenvalue weighted by Crippen LogP contribution is -2.13. The van der Waals surface area contributed by atoms with Gasteiger partial charge in [0.1, 0.15) is 0 Å². The summed E-state index contributed by atoms with van der Waals surface area (Å²) in [6.45, 7) is 0. The van der Waals surface area contributed by atoms with E-state index in [0.717, 1.165) is 0 Å². The van der Waals surface area contributed by atoms with Crippen molar-refractivity contribution in [2.45, 2.75) is 4.90 Å². The zero-order valence-electron chi connectivity index (χ0n) is 14.2. The number of hydrogen-bond donors (Lipinski definition) is 4. The van der Waals surface area contributed by atoms with E-state index in [1.54, 1.807) is 5.38 Å². The summed E-state index contributed by atoms with van der Waals surface area (Å²) >= 11 is 1.17. The van der Waals surface area contributed by atoms with Crippen LogP contribution in [0.3, 0.4) is 0 Å². The topological polar surface area (TPSA) is 129 Å². The highest BCUT2D eigenvalue weighted by molar-refractivity contribution is 7.93. The number of anilines is 2. The van der Waals surface area contributed by atoms with E-state index in [-0.39, 0.29) is 21.5 Å². The Morgan fingerprint density at radius 3 is 2.46 bits per heavy atom. The van der Waals surface area contributed by atoms with Crippen LogP contribution in [0.4, 0.5) is 10.8 Å². The summed E-state index contributed by atoms with van der Waals surface area (Å²) in [7, 11) is -3.76. The third-order valence-corrected chi connectivity index (χ3v) is 5.69. The maximum absolute atomic E-state index is 12.3. The molecule has 0 aliphatic heterocycles. The van der Waals surface area contributed by atoms with E-state index in [1.807, 2.05) is 0 Å². The molecule has 2 aromatic carbocycles. The first-order valence-electron chi connectivity index (χ1n) is 7.87. The Labute approximate surface area is 164 Å². The Morgan fingerprint density at radius 1 is 1.07 bits per heavy atom. The van der Waals surface area contributed by atoms with Gasteiger partial charge >= 0.3 is 0 Å². The summed E-state index contributed by atoms with van der Waals surface area (Å²) in [5.41, 5.74) is 0.941. The number of phenols is 2. The molecule has 4 N–H and O–H groups in total. The number of nitrogens with zero attached hydrogens (tertiary/aromatic N) is 1. The van der Waals surface area contributed by atoms with Crippen molar-refractivity contribution in [1.29, 1.82) is 0 Å². The average Bonchev–Trinajstić information content (AvgIpc) is 3.15. The highest BCUT2D eigenvalue weighted by atomic mass is 32.2. The molecule has 0 fully saturated rings. The fraction of sp³-hybridized carbons (Fsp3) is 0. The summed E-state index contributed by atoms with van der Waals surface area (Å²) in [5, 5.41) is 23.2. The standard InChI is InChI=1S/C18H15N3O5S2/c22-15-7-1-12(11-16(15)23)2-8-17(24)20-13-3-5-14(6-4-13)28(25,26)21-18-19-9-10-27-18/h1-11,22-23H,(H,19,21)(H,20,24). The minimum atomic E-state index is -3.76. The van der Waals surface area contributed by atoms with Crippen LogP contribution in [0.25, 0.3) is 6.08 Å². The van der Waals surface area contributed by atoms with Crippen molar-refractivity contribution in [2.24, 2.45) is 0 Å². The molecule has 0 unspecified atom stereocenters. The monoisotopic (exact) mass is 417 g/mol. The van der Waals surface area contributed by atoms with Crippen LogP contribution in [0.1, 0.15) is 5.56 Å². The van der Waals surface area contributed by atoms with Crippen LogP contribution in [-0.2, 0) is 14.8 Å². The van der Waals surface area contributed by atoms with Crippen LogP contribution in [-0.4, -0.2) is 29.5 Å². The molecule has 0 spiro atoms. The van der Waals surface area contributed by atoms with Crippen LogP contribution >= 0.6 is 11.3 Å². The molecule has 144 valence electrons. The third kappa shape index (κ3) is 4.87. The summed E-state index contributed by atoms with van der Waals surface area (Å²) < 4.78 is 26.9. The molecule has 3 rings (SSSR count). The zero-order valence-corrected chi connectivity index (χ0v) is 15.9. The molecule has 0 aliphatic rings. The van der Waals surface area contributed by atoms with Crippen LogP contribution in [0, 0.1) is 0 Å². The van der Waals surface area contributed by atoms with Gasteiger partial charge in [-0.25, -0.2) is 13.4 Å². The van der Waals surface area contributed by atoms with Gasteiger partial charge in [0.15, 0.2) is 16.6 Å². The van der Waals surface area contributed by atoms with Crippen LogP contribution < -0.4 is 10.0 Å². The molecule has 1 aromatic heterocycles. The van der Waals surface area contributed by atoms with Gasteiger partial charge in [-0.3, -0.25) is 9.52 Å². The first-order valence-corrected chi connectivity index (χ1v) is 10.2. The summed E-state index contributed by atoms with van der Waals surface area (Å²) in [6, 6.07) is 9.83. The molecule has 0 bridgehead atoms. The smallest absolute Gasteiger partial charge is 0.263 e. The van der Waals surface area contributed by atoms with Gasteiger partial charge < -0.3 is 15.5 Å². The van der Waals surface area contributed by atoms with Gasteiger partial charge in [0.05, 0.1) is 4.90 Å². The number of nitrogens with one attached hydrogen (secondary N) is 2. The molecule has 0 saturated carbocycles. The first kappa shape index (κ1) is 19.4. The number of phenolic OH excluding ortho intramolecular Hbond substituents is 2. The first-order chi connectivity index (χ1) is 13.3. The van der Waals surface area contributed by atoms with Crippen LogP contribution in [0.2, 0.25) is 0 Å². The number of carbonyl (C=O) groups is 1. The number of aromatic hydroxyl groups is 2. The maximum Gasteiger partial charge on any atom is 0.263 e. The van der Waals surface area contributed by atoms with Crippen molar-refractivity contribution in [3.63, 3.8) is 0 Å². The summed E-state index contributed by atoms with van der Waals surface area (Å²) in [4.78, 5) is 15.9. The predicted molar refractivity (Wildman–Crippen MR) is 107 cm³/mol. The van der Waals surface area contributed by atoms with Crippen molar-refractivity contribution in [3.05, 3.63) is 65.7 Å². The summed E-state index contributed by atoms with van der Waals surface area (Å²) in [5.74, 6) is -0.976. The van der Waals surface area contributed by atoms with E-state index in [0.29, 0.717) is 11.3 Å². The molecule has 0 aliphatic carbocycles. The van der Waals surface area contributed by atoms with Crippen molar-refractivity contribution >= 4 is 44.2 Å². The SMILES string of the molecule is O=C(C=Cc1ccc(O)c(O)c1)Nc1ccc(S(=O)(=O)Nc2nccs2)cc1. The van der Waals surface area contributed by atoms with Crippen LogP contribution in [0.15, 0.2) is 65.0 Å². The van der Waals surface area contributed by atoms with Gasteiger partial charge in [0.2, 0.25) is 5.91 Å². The number of sulfonamides is 1. The molecule has 0 radical (unpaired) electrons. The number of rotatable bonds is 6. The summed E-state index contributed by atoms with van der Waals surface area (Å²) in [6.07, 6.45) is 4.21. The lowest BCUT2D eigenvalue weighted by molar-refractivity contribution is -0.111. The van der Waals surface area contributed by atoms with Crippen molar-refractivity contribution < 1.29 is 23.4 Å². The Morgan fingerprint density at radius 2 is 1.82 bits per heavy atom. The molecule has 1 heterocycles. The quantitative estimate of drug-likeness (QED) is 0.360. The second kappa shape index (κ2) is 8.11. The minimum Gasteiger partial charge on any atom is -0.504 e. The Bertz CT molecular complexity index is 1110. The molecule has 3 aromatic rings. The fourth-order valence-corrected chi connectivity index (χ4v) is 3.95. The van der Waals surface area contributed by atoms with Gasteiger partial charge in [-0.2, -0.15) is 0 Å². The molecule has 0 saturated heterocycles. The third-order valence-electron chi connectivity index (χ3n) is 3.51. The molecule has 10 heteroatoms. The van der Waals surface area contributed by atoms with E-state index < -0.39 is 15.9 Å². The van der Waals surface area contributed by atoms with Crippen LogP contribution in [0.5, 0.6) is 11.5 Å². The molecule has 8 nitrogen and oxygen atoms in total. The lowest BCUT2D eigenvalue weighted by Gasteiger charge is -2.07. The molecular formula is C18H15N3O5S2. The average molecular weight is 417 g/mol. The van der Waals surface area contributed by atoms with Gasteiger partial charge in [0, 0.05) is 23.3 Å². The van der Waals surface area contributed by atoms with Crippen molar-refractivity contribution in [3.8, 4) is 11.5 Å². The second-order valence-corrected chi connectivity index (χ2v) is 8.11. The second-order valence-electron chi connectivity index (χ2n) is 5.54. The van der Waals surface area contributed by atoms with E-state index in [4.69, 9.17) is 0 Å². The highest BCUT2D eigenvalue weighted by Crippen LogP contribution is 2.25. The van der Waals surface area contributed by atoms with E-state index >= 15 is 0 Å². The maximum atomic E-state index is 12.3. The van der Waals surface area contributed by atoms with Gasteiger partial charge in [-0.15, -0.1) is 11.3 Å². The number of aromatic nitrogens is 1. The largest absolute Gasteiger partial charge is 0.504 e. The van der Waals surface area contributed by atoms with E-state index in [1.165, 1.54) is 72.2 Å². The Balaban J connectivity index is 1.64. The number of benzene rings is 2. The van der Waals surface area contributed by atoms with Gasteiger partial charge in [-0.1, -0.05) is 6.07 Å². The lowest BCUT2D eigenvalue weighted by atomic mass is 10.2. The van der Waals surface area contributed by atoms with Gasteiger partial charge in [0.25, 0.3) is 10.0 Å². The number of thiazole rings is 1. The highest BCUT2D eigenvalue weighted by Gasteiger charge is 2.15. The number of hydrogen-bond acceptors (Lipinski definition) is 7. The molecule has 28 heavy (non-hydrogen) atoms. The van der Waals surface area contributed by atoms with E-state index in [9.17, 15) is 23.4 Å². The number of carbonyl (C=O) groups excluding carboxylic acids is 1. The molecule has 1 amide bonds. The van der Waals surface area contributed by atoms with Crippen molar-refractivity contribution in [1.82, 2.24) is 4.98 Å². The fourth-order valence-electron chi connectivity index (χ4n) is 2.17. The molecular weight excluding hydrogens is 402 g/mol. The molecule has 0 atom stereocenters. The Hall–Kier alpha value is -3.37. The number of amides is 1. The van der Waals surface area contributed by atoms with E-state index in [2.05, 4.69) is 15.0 Å². The van der Waals surface area contributed by atoms with Gasteiger partial charge in [-0.05, 0) is 48.0 Å². The zero-order chi connectivity index (χ0) is 20.1. The Kier molecular flexibility index (Phi) is 5.62. The normalized spacial score (nSPS) is 11.4. The van der Waals surface area contributed by atoms with Crippen molar-refractivity contribution in [2.75, 3.05) is 10.0 Å². The minimum absolute atomic E-state index is 0.0378. The predicted octanol–water partition coefficient (Wildman–Crippen LogP) is 3.01.